The van der Waals surface area contributed by atoms with E-state index in [4.69, 9.17) is 23.2 Å². The molecule has 172 valence electrons. The molecule has 0 amide bonds. The molecule has 0 fully saturated rings. The molecule has 0 heterocycles. The van der Waals surface area contributed by atoms with Crippen LogP contribution in [0.1, 0.15) is 79.1 Å². The van der Waals surface area contributed by atoms with Crippen molar-refractivity contribution in [3.05, 3.63) is 0 Å². The Bertz CT molecular complexity index is 289. The maximum atomic E-state index is 9.87. The second-order valence-corrected chi connectivity index (χ2v) is 9.43. The molecule has 0 aromatic heterocycles. The van der Waals surface area contributed by atoms with Gasteiger partial charge in [-0.2, -0.15) is 0 Å². The fraction of sp³-hybridized carbons (Fsp3) is 1.00. The number of hydrogen-bond acceptors (Lipinski definition) is 0. The molecule has 0 aromatic rings. The molecular weight excluding hydrogens is 434 g/mol. The van der Waals surface area contributed by atoms with Crippen LogP contribution in [-0.2, 0) is 0 Å². The Hall–Kier alpha value is 0.550. The van der Waals surface area contributed by atoms with E-state index in [0.29, 0.717) is 0 Å². The van der Waals surface area contributed by atoms with Gasteiger partial charge in [-0.3, -0.25) is 0 Å². The van der Waals surface area contributed by atoms with Gasteiger partial charge in [0, 0.05) is 0 Å². The number of quaternary nitrogens is 1. The van der Waals surface area contributed by atoms with E-state index in [1.807, 2.05) is 0 Å². The number of rotatable bonds is 12. The molecule has 0 atom stereocenters. The summed E-state index contributed by atoms with van der Waals surface area (Å²) in [4.78, 5) is 0. The van der Waals surface area contributed by atoms with Gasteiger partial charge in [-0.15, -0.1) is 23.2 Å². The molecule has 0 aliphatic rings. The van der Waals surface area contributed by atoms with Gasteiger partial charge in [0.25, 0.3) is 0 Å². The Labute approximate surface area is 171 Å². The normalized spacial score (nSPS) is 14.2. The number of nitrogens with zero attached hydrogens (tertiary/aromatic N) is 1. The molecule has 1 nitrogen and oxygen atoms in total. The molecule has 0 radical (unpaired) electrons. The molecule has 0 rings (SSSR count). The summed E-state index contributed by atoms with van der Waals surface area (Å²) in [6.45, 7) is 15.0. The van der Waals surface area contributed by atoms with Crippen molar-refractivity contribution in [3.63, 3.8) is 0 Å². The summed E-state index contributed by atoms with van der Waals surface area (Å²) in [6.07, 6.45) is 11.1. The van der Waals surface area contributed by atoms with Crippen molar-refractivity contribution in [2.24, 2.45) is 0 Å². The van der Waals surface area contributed by atoms with Gasteiger partial charge >= 0.3 is 33.0 Å². The van der Waals surface area contributed by atoms with Gasteiger partial charge in [0.15, 0.2) is 0 Å². The van der Waals surface area contributed by atoms with Crippen LogP contribution in [0.3, 0.4) is 0 Å². The Balaban J connectivity index is -0.000000476. The molecule has 10 heteroatoms. The number of halogens is 8. The Morgan fingerprint density at radius 3 is 0.815 bits per heavy atom. The van der Waals surface area contributed by atoms with E-state index in [1.165, 1.54) is 82.0 Å². The first kappa shape index (κ1) is 32.2. The van der Waals surface area contributed by atoms with E-state index in [1.54, 1.807) is 0 Å². The summed E-state index contributed by atoms with van der Waals surface area (Å²) in [5, 5.41) is 0.194. The molecule has 0 spiro atoms. The average molecular weight is 472 g/mol. The van der Waals surface area contributed by atoms with Gasteiger partial charge in [-0.1, -0.05) is 53.4 Å². The second kappa shape index (κ2) is 14.5. The first-order chi connectivity index (χ1) is 12.1. The SMILES string of the molecule is CCCC[N+](CCCC)(CCCC)CCCC.ClCCl.F[P-](F)(F)(F)(F)F. The minimum atomic E-state index is -10.7. The molecule has 0 unspecified atom stereocenters. The first-order valence-corrected chi connectivity index (χ1v) is 12.7. The van der Waals surface area contributed by atoms with Crippen LogP contribution in [0, 0.1) is 0 Å². The van der Waals surface area contributed by atoms with E-state index in [0.717, 1.165) is 0 Å². The molecule has 0 N–H and O–H groups in total. The minimum absolute atomic E-state index is 0.194. The monoisotopic (exact) mass is 471 g/mol. The van der Waals surface area contributed by atoms with Crippen molar-refractivity contribution in [2.45, 2.75) is 79.1 Å². The van der Waals surface area contributed by atoms with Crippen molar-refractivity contribution in [3.8, 4) is 0 Å². The van der Waals surface area contributed by atoms with Crippen molar-refractivity contribution in [2.75, 3.05) is 31.5 Å². The third-order valence-corrected chi connectivity index (χ3v) is 3.94. The maximum absolute atomic E-state index is 10.7. The van der Waals surface area contributed by atoms with Gasteiger partial charge in [0.05, 0.1) is 31.5 Å². The van der Waals surface area contributed by atoms with Gasteiger partial charge < -0.3 is 4.48 Å². The number of alkyl halides is 2. The van der Waals surface area contributed by atoms with Crippen LogP contribution in [0.15, 0.2) is 0 Å². The van der Waals surface area contributed by atoms with Crippen molar-refractivity contribution < 1.29 is 29.7 Å². The average Bonchev–Trinajstić information content (AvgIpc) is 2.51. The van der Waals surface area contributed by atoms with Crippen LogP contribution in [0.25, 0.3) is 0 Å². The first-order valence-electron chi connectivity index (χ1n) is 9.64. The molecule has 27 heavy (non-hydrogen) atoms. The van der Waals surface area contributed by atoms with Crippen LogP contribution in [0.5, 0.6) is 0 Å². The zero-order chi connectivity index (χ0) is 22.1. The fourth-order valence-corrected chi connectivity index (χ4v) is 2.64. The summed E-state index contributed by atoms with van der Waals surface area (Å²) >= 11 is 9.53. The van der Waals surface area contributed by atoms with Crippen molar-refractivity contribution >= 4 is 31.0 Å². The van der Waals surface area contributed by atoms with Gasteiger partial charge in [0.1, 0.15) is 0 Å². The quantitative estimate of drug-likeness (QED) is 0.115. The van der Waals surface area contributed by atoms with Crippen LogP contribution in [0.2, 0.25) is 0 Å². The van der Waals surface area contributed by atoms with E-state index in [-0.39, 0.29) is 5.34 Å². The molecule has 0 aromatic carbocycles. The van der Waals surface area contributed by atoms with Crippen LogP contribution < -0.4 is 0 Å². The van der Waals surface area contributed by atoms with E-state index in [9.17, 15) is 25.2 Å². The summed E-state index contributed by atoms with van der Waals surface area (Å²) < 4.78 is 60.6. The number of hydrogen-bond donors (Lipinski definition) is 0. The van der Waals surface area contributed by atoms with E-state index in [2.05, 4.69) is 27.7 Å². The number of unbranched alkanes of at least 4 members (excludes halogenated alkanes) is 4. The molecule has 0 saturated heterocycles. The summed E-state index contributed by atoms with van der Waals surface area (Å²) in [6, 6.07) is 0. The van der Waals surface area contributed by atoms with Crippen LogP contribution in [-0.4, -0.2) is 36.0 Å². The Kier molecular flexibility index (Phi) is 17.3. The Morgan fingerprint density at radius 1 is 0.556 bits per heavy atom. The standard InChI is InChI=1S/C16H36N.CH2Cl2.F6P/c1-5-9-13-17(14-10-6-2,15-11-7-3)16-12-8-4;2-1-3;1-7(2,3,4,5)6/h5-16H2,1-4H3;1H2;/q+1;;-1. The molecule has 0 bridgehead atoms. The summed E-state index contributed by atoms with van der Waals surface area (Å²) in [7, 11) is -10.7. The van der Waals surface area contributed by atoms with Gasteiger partial charge in [0.2, 0.25) is 0 Å². The third-order valence-electron chi connectivity index (χ3n) is 3.94. The van der Waals surface area contributed by atoms with E-state index >= 15 is 0 Å². The second-order valence-electron chi connectivity index (χ2n) is 6.71. The Morgan fingerprint density at radius 2 is 0.704 bits per heavy atom. The van der Waals surface area contributed by atoms with Gasteiger partial charge in [-0.05, 0) is 25.7 Å². The molecule has 0 aliphatic heterocycles. The third kappa shape index (κ3) is 37.9. The molecule has 0 aliphatic carbocycles. The predicted octanol–water partition coefficient (Wildman–Crippen LogP) is 9.81. The molecule has 0 saturated carbocycles. The predicted molar refractivity (Wildman–Crippen MR) is 110 cm³/mol. The van der Waals surface area contributed by atoms with Crippen molar-refractivity contribution in [1.29, 1.82) is 0 Å². The topological polar surface area (TPSA) is 0 Å². The zero-order valence-corrected chi connectivity index (χ0v) is 19.5. The molecular formula is C17H38Cl2F6NP. The fourth-order valence-electron chi connectivity index (χ4n) is 2.64. The summed E-state index contributed by atoms with van der Waals surface area (Å²) in [5.74, 6) is 0. The van der Waals surface area contributed by atoms with Crippen LogP contribution in [0.4, 0.5) is 25.2 Å². The zero-order valence-electron chi connectivity index (χ0n) is 17.1. The summed E-state index contributed by atoms with van der Waals surface area (Å²) in [5.41, 5.74) is 0. The van der Waals surface area contributed by atoms with Crippen LogP contribution >= 0.6 is 31.0 Å². The van der Waals surface area contributed by atoms with Crippen molar-refractivity contribution in [1.82, 2.24) is 0 Å². The van der Waals surface area contributed by atoms with E-state index < -0.39 is 7.81 Å². The van der Waals surface area contributed by atoms with Gasteiger partial charge in [-0.25, -0.2) is 0 Å².